The van der Waals surface area contributed by atoms with E-state index in [-0.39, 0.29) is 12.5 Å². The van der Waals surface area contributed by atoms with Crippen LogP contribution in [0.25, 0.3) is 5.69 Å². The maximum absolute atomic E-state index is 12.2. The summed E-state index contributed by atoms with van der Waals surface area (Å²) in [7, 11) is 0. The normalized spacial score (nSPS) is 10.4. The lowest BCUT2D eigenvalue weighted by atomic mass is 10.2. The zero-order chi connectivity index (χ0) is 18.5. The highest BCUT2D eigenvalue weighted by atomic mass is 35.5. The van der Waals surface area contributed by atoms with Gasteiger partial charge < -0.3 is 15.2 Å². The van der Waals surface area contributed by atoms with E-state index in [2.05, 4.69) is 10.6 Å². The van der Waals surface area contributed by atoms with Crippen LogP contribution in [-0.4, -0.2) is 22.9 Å². The van der Waals surface area contributed by atoms with Crippen LogP contribution in [0.1, 0.15) is 10.4 Å². The van der Waals surface area contributed by atoms with Crippen molar-refractivity contribution in [1.82, 2.24) is 9.88 Å². The van der Waals surface area contributed by atoms with Crippen molar-refractivity contribution in [3.63, 3.8) is 0 Å². The molecule has 7 heteroatoms. The molecule has 0 aliphatic rings. The number of carbonyl (C=O) groups is 2. The monoisotopic (exact) mass is 387 g/mol. The number of aromatic nitrogens is 1. The van der Waals surface area contributed by atoms with E-state index in [9.17, 15) is 9.59 Å². The van der Waals surface area contributed by atoms with Gasteiger partial charge in [-0.2, -0.15) is 0 Å². The summed E-state index contributed by atoms with van der Waals surface area (Å²) in [5.41, 5.74) is 1.81. The summed E-state index contributed by atoms with van der Waals surface area (Å²) >= 11 is 11.9. The number of carbonyl (C=O) groups excluding carboxylic acids is 2. The molecular weight excluding hydrogens is 373 g/mol. The third-order valence-electron chi connectivity index (χ3n) is 3.64. The number of benzene rings is 2. The van der Waals surface area contributed by atoms with Gasteiger partial charge >= 0.3 is 0 Å². The van der Waals surface area contributed by atoms with E-state index in [0.29, 0.717) is 21.3 Å². The Bertz CT molecular complexity index is 922. The minimum Gasteiger partial charge on any atom is -0.343 e. The first-order chi connectivity index (χ1) is 12.5. The van der Waals surface area contributed by atoms with E-state index in [1.54, 1.807) is 30.3 Å². The third kappa shape index (κ3) is 4.45. The van der Waals surface area contributed by atoms with Crippen molar-refractivity contribution in [2.75, 3.05) is 11.9 Å². The second-order valence-corrected chi connectivity index (χ2v) is 6.34. The Morgan fingerprint density at radius 3 is 2.35 bits per heavy atom. The Labute approximate surface area is 160 Å². The number of halogens is 2. The molecule has 5 nitrogen and oxygen atoms in total. The average Bonchev–Trinajstić information content (AvgIpc) is 3.17. The molecule has 0 aliphatic carbocycles. The highest BCUT2D eigenvalue weighted by molar-refractivity contribution is 6.35. The first-order valence-corrected chi connectivity index (χ1v) is 8.55. The maximum Gasteiger partial charge on any atom is 0.251 e. The Balaban J connectivity index is 1.56. The fourth-order valence-electron chi connectivity index (χ4n) is 2.34. The molecule has 2 aromatic carbocycles. The molecule has 26 heavy (non-hydrogen) atoms. The van der Waals surface area contributed by atoms with Gasteiger partial charge in [0, 0.05) is 28.7 Å². The van der Waals surface area contributed by atoms with E-state index in [4.69, 9.17) is 23.2 Å². The SMILES string of the molecule is O=C(CNC(=O)c1ccc(-n2cccc2)cc1)Nc1cc(Cl)ccc1Cl. The standard InChI is InChI=1S/C19H15Cl2N3O2/c20-14-5-8-16(21)17(11-14)23-18(25)12-22-19(26)13-3-6-15(7-4-13)24-9-1-2-10-24/h1-11H,12H2,(H,22,26)(H,23,25). The molecule has 1 heterocycles. The molecule has 0 bridgehead atoms. The van der Waals surface area contributed by atoms with Gasteiger partial charge in [-0.15, -0.1) is 0 Å². The zero-order valence-corrected chi connectivity index (χ0v) is 15.1. The topological polar surface area (TPSA) is 63.1 Å². The Morgan fingerprint density at radius 2 is 1.65 bits per heavy atom. The van der Waals surface area contributed by atoms with Crippen LogP contribution < -0.4 is 10.6 Å². The molecule has 0 unspecified atom stereocenters. The Morgan fingerprint density at radius 1 is 0.962 bits per heavy atom. The largest absolute Gasteiger partial charge is 0.343 e. The lowest BCUT2D eigenvalue weighted by Gasteiger charge is -2.09. The van der Waals surface area contributed by atoms with Crippen molar-refractivity contribution in [3.05, 3.63) is 82.6 Å². The molecule has 3 aromatic rings. The lowest BCUT2D eigenvalue weighted by Crippen LogP contribution is -2.32. The van der Waals surface area contributed by atoms with Gasteiger partial charge in [0.1, 0.15) is 0 Å². The maximum atomic E-state index is 12.2. The van der Waals surface area contributed by atoms with Gasteiger partial charge in [0.2, 0.25) is 5.91 Å². The van der Waals surface area contributed by atoms with Gasteiger partial charge in [-0.05, 0) is 54.6 Å². The number of amides is 2. The molecule has 2 amide bonds. The van der Waals surface area contributed by atoms with Crippen LogP contribution in [-0.2, 0) is 4.79 Å². The molecule has 0 atom stereocenters. The van der Waals surface area contributed by atoms with Gasteiger partial charge in [-0.1, -0.05) is 23.2 Å². The van der Waals surface area contributed by atoms with Crippen molar-refractivity contribution in [2.45, 2.75) is 0 Å². The van der Waals surface area contributed by atoms with E-state index in [1.165, 1.54) is 0 Å². The van der Waals surface area contributed by atoms with Crippen molar-refractivity contribution in [2.24, 2.45) is 0 Å². The first kappa shape index (κ1) is 18.0. The summed E-state index contributed by atoms with van der Waals surface area (Å²) < 4.78 is 1.93. The minimum absolute atomic E-state index is 0.180. The summed E-state index contributed by atoms with van der Waals surface area (Å²) in [6.45, 7) is -0.180. The van der Waals surface area contributed by atoms with Crippen LogP contribution in [0, 0.1) is 0 Å². The molecule has 0 saturated carbocycles. The second-order valence-electron chi connectivity index (χ2n) is 5.49. The van der Waals surface area contributed by atoms with Crippen molar-refractivity contribution < 1.29 is 9.59 Å². The summed E-state index contributed by atoms with van der Waals surface area (Å²) in [6, 6.07) is 15.7. The van der Waals surface area contributed by atoms with Gasteiger partial charge in [0.25, 0.3) is 5.91 Å². The lowest BCUT2D eigenvalue weighted by molar-refractivity contribution is -0.115. The fourth-order valence-corrected chi connectivity index (χ4v) is 2.68. The smallest absolute Gasteiger partial charge is 0.251 e. The van der Waals surface area contributed by atoms with Gasteiger partial charge in [-0.25, -0.2) is 0 Å². The number of nitrogens with zero attached hydrogens (tertiary/aromatic N) is 1. The van der Waals surface area contributed by atoms with Gasteiger partial charge in [0.05, 0.1) is 17.3 Å². The van der Waals surface area contributed by atoms with Gasteiger partial charge in [-0.3, -0.25) is 9.59 Å². The number of hydrogen-bond donors (Lipinski definition) is 2. The summed E-state index contributed by atoms with van der Waals surface area (Å²) in [6.07, 6.45) is 3.83. The molecule has 132 valence electrons. The Hall–Kier alpha value is -2.76. The van der Waals surface area contributed by atoms with Crippen LogP contribution >= 0.6 is 23.2 Å². The zero-order valence-electron chi connectivity index (χ0n) is 13.6. The van der Waals surface area contributed by atoms with Crippen LogP contribution in [0.15, 0.2) is 67.0 Å². The first-order valence-electron chi connectivity index (χ1n) is 7.79. The molecule has 0 aliphatic heterocycles. The molecule has 1 aromatic heterocycles. The van der Waals surface area contributed by atoms with Crippen molar-refractivity contribution in [1.29, 1.82) is 0 Å². The van der Waals surface area contributed by atoms with E-state index < -0.39 is 5.91 Å². The minimum atomic E-state index is -0.397. The summed E-state index contributed by atoms with van der Waals surface area (Å²) in [4.78, 5) is 24.2. The predicted molar refractivity (Wildman–Crippen MR) is 103 cm³/mol. The van der Waals surface area contributed by atoms with Gasteiger partial charge in [0.15, 0.2) is 0 Å². The van der Waals surface area contributed by atoms with Crippen molar-refractivity contribution in [3.8, 4) is 5.69 Å². The molecule has 0 fully saturated rings. The van der Waals surface area contributed by atoms with E-state index >= 15 is 0 Å². The highest BCUT2D eigenvalue weighted by Crippen LogP contribution is 2.25. The van der Waals surface area contributed by atoms with Crippen LogP contribution in [0.4, 0.5) is 5.69 Å². The molecule has 3 rings (SSSR count). The van der Waals surface area contributed by atoms with Crippen LogP contribution in [0.2, 0.25) is 10.0 Å². The quantitative estimate of drug-likeness (QED) is 0.690. The highest BCUT2D eigenvalue weighted by Gasteiger charge is 2.10. The second kappa shape index (κ2) is 8.08. The fraction of sp³-hybridized carbons (Fsp3) is 0.0526. The molecule has 2 N–H and O–H groups in total. The molecular formula is C19H15Cl2N3O2. The van der Waals surface area contributed by atoms with E-state index in [0.717, 1.165) is 5.69 Å². The average molecular weight is 388 g/mol. The summed E-state index contributed by atoms with van der Waals surface area (Å²) in [5, 5.41) is 6.01. The number of nitrogens with one attached hydrogen (secondary N) is 2. The molecule has 0 radical (unpaired) electrons. The predicted octanol–water partition coefficient (Wildman–Crippen LogP) is 4.15. The number of anilines is 1. The molecule has 0 spiro atoms. The molecule has 0 saturated heterocycles. The summed E-state index contributed by atoms with van der Waals surface area (Å²) in [5.74, 6) is -0.733. The number of rotatable bonds is 5. The van der Waals surface area contributed by atoms with Crippen LogP contribution in [0.5, 0.6) is 0 Å². The Kier molecular flexibility index (Phi) is 5.61. The number of hydrogen-bond acceptors (Lipinski definition) is 2. The third-order valence-corrected chi connectivity index (χ3v) is 4.21. The van der Waals surface area contributed by atoms with Crippen molar-refractivity contribution >= 4 is 40.7 Å². The van der Waals surface area contributed by atoms with Crippen LogP contribution in [0.3, 0.4) is 0 Å². The van der Waals surface area contributed by atoms with E-state index in [1.807, 2.05) is 41.2 Å².